The second kappa shape index (κ2) is 14.1. The molecule has 0 fully saturated rings. The molecule has 1 aromatic heterocycles. The van der Waals surface area contributed by atoms with Gasteiger partial charge in [0.15, 0.2) is 0 Å². The highest BCUT2D eigenvalue weighted by atomic mass is 15.1. The van der Waals surface area contributed by atoms with Crippen LogP contribution in [0, 0.1) is 0 Å². The maximum Gasteiger partial charge on any atom is 0.0547 e. The van der Waals surface area contributed by atoms with Gasteiger partial charge in [0.25, 0.3) is 0 Å². The summed E-state index contributed by atoms with van der Waals surface area (Å²) >= 11 is 0. The fraction of sp³-hybridized carbons (Fsp3) is 0. The number of aromatic nitrogens is 1. The van der Waals surface area contributed by atoms with Crippen molar-refractivity contribution in [2.24, 2.45) is 0 Å². The molecule has 272 valence electrons. The maximum absolute atomic E-state index is 2.44. The molecule has 0 saturated carbocycles. The van der Waals surface area contributed by atoms with Gasteiger partial charge in [0.1, 0.15) is 0 Å². The molecule has 0 atom stereocenters. The summed E-state index contributed by atoms with van der Waals surface area (Å²) < 4.78 is 2.44. The average Bonchev–Trinajstić information content (AvgIpc) is 3.64. The third-order valence-electron chi connectivity index (χ3n) is 11.6. The van der Waals surface area contributed by atoms with E-state index in [-0.39, 0.29) is 0 Å². The Labute approximate surface area is 338 Å². The van der Waals surface area contributed by atoms with Gasteiger partial charge in [-0.1, -0.05) is 176 Å². The van der Waals surface area contributed by atoms with Crippen LogP contribution < -0.4 is 4.90 Å². The zero-order valence-electron chi connectivity index (χ0n) is 31.8. The van der Waals surface area contributed by atoms with Crippen LogP contribution in [0.15, 0.2) is 231 Å². The molecule has 0 aliphatic heterocycles. The molecule has 0 unspecified atom stereocenters. The Bertz CT molecular complexity index is 3260. The molecule has 0 amide bonds. The van der Waals surface area contributed by atoms with Crippen LogP contribution in [0.2, 0.25) is 0 Å². The van der Waals surface area contributed by atoms with Crippen LogP contribution >= 0.6 is 0 Å². The average molecular weight is 739 g/mol. The van der Waals surface area contributed by atoms with Gasteiger partial charge in [-0.05, 0) is 104 Å². The Balaban J connectivity index is 1.04. The van der Waals surface area contributed by atoms with Gasteiger partial charge in [-0.15, -0.1) is 0 Å². The SMILES string of the molecule is c1ccc(-c2ccc(N(c3ccc(-c4ccccc4-n4c5ccccc5c5c6ccccc6ccc54)cc3)c3cccc(-c4cccc5ccccc45)c3)cc2)cc1. The van der Waals surface area contributed by atoms with Crippen LogP contribution in [-0.2, 0) is 0 Å². The van der Waals surface area contributed by atoms with Gasteiger partial charge in [0.05, 0.1) is 16.7 Å². The van der Waals surface area contributed by atoms with Crippen molar-refractivity contribution >= 4 is 60.4 Å². The van der Waals surface area contributed by atoms with Crippen molar-refractivity contribution in [3.8, 4) is 39.1 Å². The number of benzene rings is 10. The molecule has 1 heterocycles. The normalized spacial score (nSPS) is 11.4. The Hall–Kier alpha value is -7.68. The molecule has 10 aromatic carbocycles. The number of fused-ring (bicyclic) bond motifs is 6. The third-order valence-corrected chi connectivity index (χ3v) is 11.6. The Morgan fingerprint density at radius 2 is 0.845 bits per heavy atom. The van der Waals surface area contributed by atoms with Crippen LogP contribution in [0.5, 0.6) is 0 Å². The summed E-state index contributed by atoms with van der Waals surface area (Å²) in [5, 5.41) is 7.57. The monoisotopic (exact) mass is 738 g/mol. The number of rotatable bonds is 7. The van der Waals surface area contributed by atoms with Crippen molar-refractivity contribution in [2.45, 2.75) is 0 Å². The van der Waals surface area contributed by atoms with Gasteiger partial charge in [0.2, 0.25) is 0 Å². The van der Waals surface area contributed by atoms with Crippen LogP contribution in [0.25, 0.3) is 82.4 Å². The molecular weight excluding hydrogens is 701 g/mol. The Morgan fingerprint density at radius 3 is 1.64 bits per heavy atom. The van der Waals surface area contributed by atoms with Crippen molar-refractivity contribution in [2.75, 3.05) is 4.90 Å². The summed E-state index contributed by atoms with van der Waals surface area (Å²) in [5.41, 5.74) is 14.0. The largest absolute Gasteiger partial charge is 0.310 e. The molecule has 11 rings (SSSR count). The molecule has 0 bridgehead atoms. The second-order valence-corrected chi connectivity index (χ2v) is 14.9. The van der Waals surface area contributed by atoms with Crippen LogP contribution in [0.1, 0.15) is 0 Å². The number of para-hydroxylation sites is 2. The minimum absolute atomic E-state index is 1.09. The van der Waals surface area contributed by atoms with Gasteiger partial charge in [0, 0.05) is 33.4 Å². The predicted octanol–water partition coefficient (Wildman–Crippen LogP) is 15.6. The molecule has 2 nitrogen and oxygen atoms in total. The van der Waals surface area contributed by atoms with E-state index in [1.807, 2.05) is 0 Å². The first kappa shape index (κ1) is 33.6. The standard InChI is InChI=1S/C56H38N2/c1-2-14-39(15-3-1)40-28-33-45(34-29-40)57(47-20-12-19-44(38-47)49-25-13-18-41-16-4-6-21-48(41)49)46-35-30-43(31-36-46)50-22-8-10-26-53(50)58-54-27-11-9-24-52(54)56-51-23-7-5-17-42(51)32-37-55(56)58/h1-38H. The molecule has 0 aliphatic carbocycles. The molecule has 0 spiro atoms. The van der Waals surface area contributed by atoms with E-state index < -0.39 is 0 Å². The highest BCUT2D eigenvalue weighted by Gasteiger charge is 2.19. The highest BCUT2D eigenvalue weighted by Crippen LogP contribution is 2.42. The van der Waals surface area contributed by atoms with Gasteiger partial charge < -0.3 is 9.47 Å². The summed E-state index contributed by atoms with van der Waals surface area (Å²) in [6.45, 7) is 0. The van der Waals surface area contributed by atoms with Gasteiger partial charge in [-0.3, -0.25) is 0 Å². The number of hydrogen-bond donors (Lipinski definition) is 0. The highest BCUT2D eigenvalue weighted by molar-refractivity contribution is 6.21. The smallest absolute Gasteiger partial charge is 0.0547 e. The van der Waals surface area contributed by atoms with Gasteiger partial charge in [-0.2, -0.15) is 0 Å². The van der Waals surface area contributed by atoms with Crippen LogP contribution in [0.4, 0.5) is 17.1 Å². The minimum atomic E-state index is 1.09. The first-order valence-electron chi connectivity index (χ1n) is 19.9. The minimum Gasteiger partial charge on any atom is -0.310 e. The quantitative estimate of drug-likeness (QED) is 0.158. The summed E-state index contributed by atoms with van der Waals surface area (Å²) in [6.07, 6.45) is 0. The fourth-order valence-electron chi connectivity index (χ4n) is 8.87. The maximum atomic E-state index is 2.44. The van der Waals surface area contributed by atoms with E-state index in [1.54, 1.807) is 0 Å². The zero-order chi connectivity index (χ0) is 38.4. The van der Waals surface area contributed by atoms with Crippen LogP contribution in [-0.4, -0.2) is 4.57 Å². The summed E-state index contributed by atoms with van der Waals surface area (Å²) in [5.74, 6) is 0. The third kappa shape index (κ3) is 5.74. The first-order valence-corrected chi connectivity index (χ1v) is 19.9. The van der Waals surface area contributed by atoms with E-state index in [2.05, 4.69) is 240 Å². The Morgan fingerprint density at radius 1 is 0.293 bits per heavy atom. The molecule has 0 radical (unpaired) electrons. The van der Waals surface area contributed by atoms with E-state index in [1.165, 1.54) is 71.2 Å². The number of anilines is 3. The Kier molecular flexibility index (Phi) is 8.19. The molecule has 0 aliphatic rings. The lowest BCUT2D eigenvalue weighted by molar-refractivity contribution is 1.18. The molecule has 2 heteroatoms. The lowest BCUT2D eigenvalue weighted by atomic mass is 9.97. The summed E-state index contributed by atoms with van der Waals surface area (Å²) in [6, 6.07) is 83.6. The summed E-state index contributed by atoms with van der Waals surface area (Å²) in [7, 11) is 0. The molecule has 0 saturated heterocycles. The predicted molar refractivity (Wildman–Crippen MR) is 247 cm³/mol. The second-order valence-electron chi connectivity index (χ2n) is 14.9. The lowest BCUT2D eigenvalue weighted by Gasteiger charge is -2.27. The number of hydrogen-bond acceptors (Lipinski definition) is 1. The van der Waals surface area contributed by atoms with E-state index in [0.29, 0.717) is 0 Å². The fourth-order valence-corrected chi connectivity index (χ4v) is 8.87. The van der Waals surface area contributed by atoms with Gasteiger partial charge in [-0.25, -0.2) is 0 Å². The van der Waals surface area contributed by atoms with Gasteiger partial charge >= 0.3 is 0 Å². The van der Waals surface area contributed by atoms with Crippen molar-refractivity contribution < 1.29 is 0 Å². The topological polar surface area (TPSA) is 8.17 Å². The van der Waals surface area contributed by atoms with E-state index >= 15 is 0 Å². The van der Waals surface area contributed by atoms with Crippen molar-refractivity contribution in [1.82, 2.24) is 4.57 Å². The number of nitrogens with zero attached hydrogens (tertiary/aromatic N) is 2. The molecule has 58 heavy (non-hydrogen) atoms. The van der Waals surface area contributed by atoms with E-state index in [0.717, 1.165) is 28.3 Å². The molecule has 11 aromatic rings. The lowest BCUT2D eigenvalue weighted by Crippen LogP contribution is -2.10. The van der Waals surface area contributed by atoms with Crippen molar-refractivity contribution in [1.29, 1.82) is 0 Å². The van der Waals surface area contributed by atoms with E-state index in [4.69, 9.17) is 0 Å². The molecular formula is C56H38N2. The van der Waals surface area contributed by atoms with E-state index in [9.17, 15) is 0 Å². The van der Waals surface area contributed by atoms with Crippen molar-refractivity contribution in [3.05, 3.63) is 231 Å². The first-order chi connectivity index (χ1) is 28.8. The van der Waals surface area contributed by atoms with Crippen LogP contribution in [0.3, 0.4) is 0 Å². The van der Waals surface area contributed by atoms with Crippen molar-refractivity contribution in [3.63, 3.8) is 0 Å². The summed E-state index contributed by atoms with van der Waals surface area (Å²) in [4.78, 5) is 2.37. The zero-order valence-corrected chi connectivity index (χ0v) is 31.8. The molecule has 0 N–H and O–H groups in total.